The van der Waals surface area contributed by atoms with E-state index in [4.69, 9.17) is 0 Å². The lowest BCUT2D eigenvalue weighted by molar-refractivity contribution is -0.124. The molecule has 2 aromatic heterocycles. The molecule has 1 fully saturated rings. The van der Waals surface area contributed by atoms with Crippen LogP contribution in [0.2, 0.25) is 0 Å². The number of pyridine rings is 1. The first-order chi connectivity index (χ1) is 13.1. The summed E-state index contributed by atoms with van der Waals surface area (Å²) >= 11 is 0. The van der Waals surface area contributed by atoms with Crippen molar-refractivity contribution < 1.29 is 9.59 Å². The summed E-state index contributed by atoms with van der Waals surface area (Å²) in [6.45, 7) is 2.36. The topological polar surface area (TPSA) is 93.0 Å². The number of benzene rings is 1. The number of aromatic nitrogens is 4. The van der Waals surface area contributed by atoms with Crippen molar-refractivity contribution in [2.75, 3.05) is 13.6 Å². The highest BCUT2D eigenvalue weighted by molar-refractivity contribution is 5.97. The van der Waals surface area contributed by atoms with Gasteiger partial charge >= 0.3 is 0 Å². The number of fused-ring (bicyclic) bond motifs is 1. The number of nitrogens with zero attached hydrogens (tertiary/aromatic N) is 5. The van der Waals surface area contributed by atoms with E-state index in [0.717, 1.165) is 23.0 Å². The Balaban J connectivity index is 1.72. The maximum absolute atomic E-state index is 13.0. The Morgan fingerprint density at radius 3 is 2.89 bits per heavy atom. The summed E-state index contributed by atoms with van der Waals surface area (Å²) in [5.41, 5.74) is 2.57. The van der Waals surface area contributed by atoms with Crippen molar-refractivity contribution in [1.29, 1.82) is 0 Å². The molecule has 0 radical (unpaired) electrons. The van der Waals surface area contributed by atoms with Gasteiger partial charge < -0.3 is 10.2 Å². The van der Waals surface area contributed by atoms with Gasteiger partial charge in [-0.05, 0) is 44.0 Å². The van der Waals surface area contributed by atoms with Crippen molar-refractivity contribution in [2.24, 2.45) is 0 Å². The number of hydrogen-bond donors (Lipinski definition) is 1. The second-order valence-corrected chi connectivity index (χ2v) is 6.55. The van der Waals surface area contributed by atoms with Crippen LogP contribution < -0.4 is 5.32 Å². The van der Waals surface area contributed by atoms with Gasteiger partial charge in [0, 0.05) is 25.2 Å². The number of carbonyl (C=O) groups is 2. The lowest BCUT2D eigenvalue weighted by Gasteiger charge is -2.22. The minimum absolute atomic E-state index is 0.147. The van der Waals surface area contributed by atoms with Crippen LogP contribution in [0.15, 0.2) is 36.5 Å². The highest BCUT2D eigenvalue weighted by Crippen LogP contribution is 2.24. The van der Waals surface area contributed by atoms with Gasteiger partial charge in [0.1, 0.15) is 6.04 Å². The second kappa shape index (κ2) is 6.79. The van der Waals surface area contributed by atoms with Gasteiger partial charge in [-0.15, -0.1) is 5.10 Å². The molecule has 0 spiro atoms. The first kappa shape index (κ1) is 17.1. The molecular formula is C19H20N6O2. The number of nitrogens with one attached hydrogen (secondary N) is 1. The average molecular weight is 364 g/mol. The molecule has 3 heterocycles. The summed E-state index contributed by atoms with van der Waals surface area (Å²) in [7, 11) is 1.58. The summed E-state index contributed by atoms with van der Waals surface area (Å²) < 4.78 is 1.65. The highest BCUT2D eigenvalue weighted by Gasteiger charge is 2.36. The molecule has 1 saturated heterocycles. The molecular weight excluding hydrogens is 344 g/mol. The van der Waals surface area contributed by atoms with E-state index in [2.05, 4.69) is 20.6 Å². The van der Waals surface area contributed by atoms with Gasteiger partial charge in [0.05, 0.1) is 16.9 Å². The smallest absolute Gasteiger partial charge is 0.277 e. The SMILES string of the molecule is CNC(=O)C1CCCN1C(=O)c1nnn(-c2cccc3ncccc23)c1C. The Bertz CT molecular complexity index is 1020. The Morgan fingerprint density at radius 2 is 2.07 bits per heavy atom. The van der Waals surface area contributed by atoms with Crippen molar-refractivity contribution in [3.63, 3.8) is 0 Å². The molecule has 8 nitrogen and oxygen atoms in total. The van der Waals surface area contributed by atoms with Gasteiger partial charge in [0.25, 0.3) is 5.91 Å². The highest BCUT2D eigenvalue weighted by atomic mass is 16.2. The van der Waals surface area contributed by atoms with Crippen LogP contribution in [0.3, 0.4) is 0 Å². The predicted molar refractivity (Wildman–Crippen MR) is 99.5 cm³/mol. The Kier molecular flexibility index (Phi) is 4.31. The van der Waals surface area contributed by atoms with Gasteiger partial charge in [0.2, 0.25) is 5.91 Å². The second-order valence-electron chi connectivity index (χ2n) is 6.55. The van der Waals surface area contributed by atoms with Gasteiger partial charge in [-0.25, -0.2) is 4.68 Å². The first-order valence-corrected chi connectivity index (χ1v) is 8.91. The zero-order valence-electron chi connectivity index (χ0n) is 15.2. The third-order valence-electron chi connectivity index (χ3n) is 5.01. The number of rotatable bonds is 3. The number of hydrogen-bond acceptors (Lipinski definition) is 5. The van der Waals surface area contributed by atoms with Gasteiger partial charge in [-0.3, -0.25) is 14.6 Å². The predicted octanol–water partition coefficient (Wildman–Crippen LogP) is 1.47. The first-order valence-electron chi connectivity index (χ1n) is 8.91. The van der Waals surface area contributed by atoms with E-state index in [0.29, 0.717) is 18.7 Å². The molecule has 1 N–H and O–H groups in total. The molecule has 1 aliphatic heterocycles. The summed E-state index contributed by atoms with van der Waals surface area (Å²) in [6.07, 6.45) is 3.20. The quantitative estimate of drug-likeness (QED) is 0.760. The van der Waals surface area contributed by atoms with Crippen LogP contribution in [-0.4, -0.2) is 56.3 Å². The molecule has 4 rings (SSSR count). The van der Waals surface area contributed by atoms with Crippen LogP contribution in [-0.2, 0) is 4.79 Å². The van der Waals surface area contributed by atoms with Gasteiger partial charge in [0.15, 0.2) is 5.69 Å². The lowest BCUT2D eigenvalue weighted by atomic mass is 10.1. The summed E-state index contributed by atoms with van der Waals surface area (Å²) in [5.74, 6) is -0.408. The Labute approximate surface area is 156 Å². The van der Waals surface area contributed by atoms with Crippen LogP contribution in [0.25, 0.3) is 16.6 Å². The third-order valence-corrected chi connectivity index (χ3v) is 5.01. The van der Waals surface area contributed by atoms with Crippen LogP contribution in [0, 0.1) is 6.92 Å². The summed E-state index contributed by atoms with van der Waals surface area (Å²) in [6, 6.07) is 9.12. The molecule has 1 aromatic carbocycles. The fraction of sp³-hybridized carbons (Fsp3) is 0.316. The molecule has 0 saturated carbocycles. The monoisotopic (exact) mass is 364 g/mol. The molecule has 0 bridgehead atoms. The molecule has 1 atom stereocenters. The number of likely N-dealkylation sites (tertiary alicyclic amines) is 1. The Hall–Kier alpha value is -3.29. The molecule has 27 heavy (non-hydrogen) atoms. The minimum Gasteiger partial charge on any atom is -0.357 e. The lowest BCUT2D eigenvalue weighted by Crippen LogP contribution is -2.45. The van der Waals surface area contributed by atoms with Crippen LogP contribution >= 0.6 is 0 Å². The van der Waals surface area contributed by atoms with E-state index in [1.165, 1.54) is 0 Å². The number of likely N-dealkylation sites (N-methyl/N-ethyl adjacent to an activating group) is 1. The molecule has 3 aromatic rings. The molecule has 0 aliphatic carbocycles. The minimum atomic E-state index is -0.450. The largest absolute Gasteiger partial charge is 0.357 e. The normalized spacial score (nSPS) is 16.7. The maximum atomic E-state index is 13.0. The van der Waals surface area contributed by atoms with Gasteiger partial charge in [-0.2, -0.15) is 0 Å². The molecule has 1 unspecified atom stereocenters. The fourth-order valence-corrected chi connectivity index (χ4v) is 3.61. The van der Waals surface area contributed by atoms with E-state index in [1.54, 1.807) is 22.8 Å². The summed E-state index contributed by atoms with van der Waals surface area (Å²) in [4.78, 5) is 31.0. The van der Waals surface area contributed by atoms with E-state index in [-0.39, 0.29) is 17.5 Å². The van der Waals surface area contributed by atoms with E-state index in [9.17, 15) is 9.59 Å². The van der Waals surface area contributed by atoms with Crippen molar-refractivity contribution in [3.05, 3.63) is 47.9 Å². The number of amides is 2. The Morgan fingerprint density at radius 1 is 1.22 bits per heavy atom. The van der Waals surface area contributed by atoms with Crippen LogP contribution in [0.1, 0.15) is 29.0 Å². The molecule has 2 amide bonds. The maximum Gasteiger partial charge on any atom is 0.277 e. The van der Waals surface area contributed by atoms with Crippen LogP contribution in [0.4, 0.5) is 0 Å². The number of carbonyl (C=O) groups excluding carboxylic acids is 2. The molecule has 8 heteroatoms. The van der Waals surface area contributed by atoms with Crippen molar-refractivity contribution in [1.82, 2.24) is 30.2 Å². The standard InChI is InChI=1S/C19H20N6O2/c1-12-17(19(27)24-11-5-9-16(24)18(26)20-2)22-23-25(12)15-8-3-7-14-13(15)6-4-10-21-14/h3-4,6-8,10,16H,5,9,11H2,1-2H3,(H,20,26). The van der Waals surface area contributed by atoms with E-state index >= 15 is 0 Å². The average Bonchev–Trinajstić information content (AvgIpc) is 3.33. The van der Waals surface area contributed by atoms with Gasteiger partial charge in [-0.1, -0.05) is 11.3 Å². The zero-order valence-corrected chi connectivity index (χ0v) is 15.2. The molecule has 138 valence electrons. The fourth-order valence-electron chi connectivity index (χ4n) is 3.61. The van der Waals surface area contributed by atoms with Crippen molar-refractivity contribution in [2.45, 2.75) is 25.8 Å². The van der Waals surface area contributed by atoms with Crippen molar-refractivity contribution >= 4 is 22.7 Å². The van der Waals surface area contributed by atoms with Crippen molar-refractivity contribution in [3.8, 4) is 5.69 Å². The zero-order chi connectivity index (χ0) is 19.0. The molecule has 1 aliphatic rings. The summed E-state index contributed by atoms with van der Waals surface area (Å²) in [5, 5.41) is 11.9. The van der Waals surface area contributed by atoms with Crippen LogP contribution in [0.5, 0.6) is 0 Å². The third kappa shape index (κ3) is 2.83. The van der Waals surface area contributed by atoms with E-state index < -0.39 is 6.04 Å². The van der Waals surface area contributed by atoms with E-state index in [1.807, 2.05) is 37.3 Å².